The SMILES string of the molecule is C[Si](C)(C)Oc1ccccc1C([Si])=C([Si])[Si]. The number of benzene rings is 1. The molecule has 79 valence electrons. The third-order valence-corrected chi connectivity index (χ3v) is 4.17. The molecule has 0 aromatic heterocycles. The lowest BCUT2D eigenvalue weighted by Gasteiger charge is -2.22. The van der Waals surface area contributed by atoms with Gasteiger partial charge in [0.05, 0.1) is 30.7 Å². The van der Waals surface area contributed by atoms with Crippen LogP contribution in [0, 0.1) is 0 Å². The zero-order valence-electron chi connectivity index (χ0n) is 9.72. The fourth-order valence-electron chi connectivity index (χ4n) is 1.23. The van der Waals surface area contributed by atoms with E-state index in [4.69, 9.17) is 4.43 Å². The van der Waals surface area contributed by atoms with Crippen LogP contribution in [0.1, 0.15) is 5.56 Å². The van der Waals surface area contributed by atoms with Crippen molar-refractivity contribution in [1.29, 1.82) is 0 Å². The van der Waals surface area contributed by atoms with Crippen LogP contribution in [0.25, 0.3) is 5.20 Å². The molecule has 0 bridgehead atoms. The number of hydrogen-bond acceptors (Lipinski definition) is 1. The second-order valence-electron chi connectivity index (χ2n) is 4.46. The molecule has 0 heterocycles. The molecule has 0 fully saturated rings. The Morgan fingerprint density at radius 2 is 1.62 bits per heavy atom. The molecule has 16 heavy (non-hydrogen) atoms. The Labute approximate surface area is 109 Å². The van der Waals surface area contributed by atoms with E-state index >= 15 is 0 Å². The quantitative estimate of drug-likeness (QED) is 0.766. The van der Waals surface area contributed by atoms with Crippen LogP contribution in [0.5, 0.6) is 5.75 Å². The summed E-state index contributed by atoms with van der Waals surface area (Å²) in [5.74, 6) is 0.917. The zero-order chi connectivity index (χ0) is 12.3. The molecule has 0 aliphatic heterocycles. The van der Waals surface area contributed by atoms with Gasteiger partial charge in [-0.05, 0) is 25.7 Å². The maximum Gasteiger partial charge on any atom is 0.242 e. The van der Waals surface area contributed by atoms with Gasteiger partial charge in [0.2, 0.25) is 8.32 Å². The van der Waals surface area contributed by atoms with Gasteiger partial charge in [-0.3, -0.25) is 0 Å². The van der Waals surface area contributed by atoms with Gasteiger partial charge in [0.25, 0.3) is 0 Å². The second kappa shape index (κ2) is 5.31. The van der Waals surface area contributed by atoms with Crippen LogP contribution < -0.4 is 4.43 Å². The van der Waals surface area contributed by atoms with Crippen molar-refractivity contribution in [2.45, 2.75) is 19.6 Å². The zero-order valence-corrected chi connectivity index (χ0v) is 13.7. The summed E-state index contributed by atoms with van der Waals surface area (Å²) in [6.45, 7) is 6.51. The molecular weight excluding hydrogens is 260 g/mol. The van der Waals surface area contributed by atoms with Crippen molar-refractivity contribution in [2.24, 2.45) is 0 Å². The number of rotatable bonds is 3. The molecule has 0 saturated carbocycles. The van der Waals surface area contributed by atoms with E-state index in [0.29, 0.717) is 0 Å². The molecule has 0 aliphatic carbocycles. The van der Waals surface area contributed by atoms with Crippen LogP contribution in [0.15, 0.2) is 29.1 Å². The lowest BCUT2D eigenvalue weighted by atomic mass is 10.2. The molecule has 0 amide bonds. The predicted octanol–water partition coefficient (Wildman–Crippen LogP) is 2.03. The van der Waals surface area contributed by atoms with Gasteiger partial charge in [0, 0.05) is 5.56 Å². The minimum absolute atomic E-state index is 0.864. The third kappa shape index (κ3) is 3.89. The lowest BCUT2D eigenvalue weighted by Crippen LogP contribution is -2.29. The highest BCUT2D eigenvalue weighted by Crippen LogP contribution is 2.27. The summed E-state index contributed by atoms with van der Waals surface area (Å²) in [6, 6.07) is 8.00. The first-order valence-electron chi connectivity index (χ1n) is 4.99. The van der Waals surface area contributed by atoms with E-state index in [1.807, 2.05) is 24.3 Å². The first-order chi connectivity index (χ1) is 7.31. The molecule has 1 nitrogen and oxygen atoms in total. The van der Waals surface area contributed by atoms with Gasteiger partial charge in [-0.25, -0.2) is 0 Å². The highest BCUT2D eigenvalue weighted by atomic mass is 28.4. The highest BCUT2D eigenvalue weighted by Gasteiger charge is 2.18. The topological polar surface area (TPSA) is 9.23 Å². The van der Waals surface area contributed by atoms with Gasteiger partial charge < -0.3 is 4.43 Å². The summed E-state index contributed by atoms with van der Waals surface area (Å²) in [7, 11) is 8.88. The van der Waals surface area contributed by atoms with Crippen molar-refractivity contribution in [2.75, 3.05) is 0 Å². The molecule has 0 atom stereocenters. The smallest absolute Gasteiger partial charge is 0.242 e. The molecule has 0 aliphatic rings. The Morgan fingerprint density at radius 1 is 1.06 bits per heavy atom. The predicted molar refractivity (Wildman–Crippen MR) is 74.6 cm³/mol. The third-order valence-electron chi connectivity index (χ3n) is 1.82. The summed E-state index contributed by atoms with van der Waals surface area (Å²) in [5, 5.41) is 0.946. The summed E-state index contributed by atoms with van der Waals surface area (Å²) in [4.78, 5) is 0.864. The van der Waals surface area contributed by atoms with Crippen LogP contribution in [0.2, 0.25) is 19.6 Å². The lowest BCUT2D eigenvalue weighted by molar-refractivity contribution is 0.556. The summed E-state index contributed by atoms with van der Waals surface area (Å²) >= 11 is 0. The van der Waals surface area contributed by atoms with Crippen LogP contribution in [-0.4, -0.2) is 39.0 Å². The molecule has 9 radical (unpaired) electrons. The number of hydrogen-bond donors (Lipinski definition) is 0. The van der Waals surface area contributed by atoms with Crippen molar-refractivity contribution in [3.8, 4) is 5.75 Å². The first kappa shape index (κ1) is 13.7. The average Bonchev–Trinajstić information content (AvgIpc) is 2.15. The number of para-hydroxylation sites is 1. The minimum atomic E-state index is -1.59. The first-order valence-corrected chi connectivity index (χ1v) is 9.89. The molecular formula is C11H13OSi4. The average molecular weight is 274 g/mol. The summed E-state index contributed by atoms with van der Waals surface area (Å²) in [6.07, 6.45) is 0. The second-order valence-corrected chi connectivity index (χ2v) is 10.9. The van der Waals surface area contributed by atoms with Crippen molar-refractivity contribution < 1.29 is 4.43 Å². The molecule has 0 N–H and O–H groups in total. The molecule has 0 unspecified atom stereocenters. The Morgan fingerprint density at radius 3 is 2.12 bits per heavy atom. The van der Waals surface area contributed by atoms with E-state index in [-0.39, 0.29) is 0 Å². The molecule has 0 saturated heterocycles. The van der Waals surface area contributed by atoms with E-state index in [0.717, 1.165) is 21.3 Å². The van der Waals surface area contributed by atoms with Gasteiger partial charge in [-0.2, -0.15) is 0 Å². The van der Waals surface area contributed by atoms with E-state index in [2.05, 4.69) is 50.4 Å². The standard InChI is InChI=1S/C11H13OSi4/c1-16(2,3)12-9-7-5-4-6-8(9)10(13)11(14)15/h4-7H,1-3H3. The van der Waals surface area contributed by atoms with Crippen molar-refractivity contribution >= 4 is 44.2 Å². The fraction of sp³-hybridized carbons (Fsp3) is 0.273. The molecule has 0 spiro atoms. The molecule has 1 rings (SSSR count). The van der Waals surface area contributed by atoms with Crippen LogP contribution in [-0.2, 0) is 0 Å². The summed E-state index contributed by atoms with van der Waals surface area (Å²) < 4.78 is 6.03. The van der Waals surface area contributed by atoms with E-state index in [9.17, 15) is 0 Å². The van der Waals surface area contributed by atoms with Crippen molar-refractivity contribution in [3.05, 3.63) is 34.6 Å². The monoisotopic (exact) mass is 273 g/mol. The maximum absolute atomic E-state index is 6.03. The Bertz CT molecular complexity index is 403. The Balaban J connectivity index is 3.16. The van der Waals surface area contributed by atoms with Crippen molar-refractivity contribution in [1.82, 2.24) is 0 Å². The minimum Gasteiger partial charge on any atom is -0.544 e. The molecule has 1 aromatic rings. The van der Waals surface area contributed by atoms with Crippen molar-refractivity contribution in [3.63, 3.8) is 0 Å². The normalized spacial score (nSPS) is 11.1. The van der Waals surface area contributed by atoms with Gasteiger partial charge in [-0.15, -0.1) is 4.82 Å². The largest absolute Gasteiger partial charge is 0.544 e. The molecule has 5 heteroatoms. The Kier molecular flexibility index (Phi) is 4.54. The van der Waals surface area contributed by atoms with Crippen LogP contribution in [0.4, 0.5) is 0 Å². The fourth-order valence-corrected chi connectivity index (χ4v) is 2.54. The van der Waals surface area contributed by atoms with Crippen LogP contribution >= 0.6 is 0 Å². The van der Waals surface area contributed by atoms with Gasteiger partial charge >= 0.3 is 0 Å². The highest BCUT2D eigenvalue weighted by molar-refractivity contribution is 6.70. The van der Waals surface area contributed by atoms with Gasteiger partial charge in [-0.1, -0.05) is 23.4 Å². The van der Waals surface area contributed by atoms with Gasteiger partial charge in [0.15, 0.2) is 0 Å². The Hall–Kier alpha value is -0.372. The summed E-state index contributed by atoms with van der Waals surface area (Å²) in [5.41, 5.74) is 1.04. The van der Waals surface area contributed by atoms with E-state index < -0.39 is 8.32 Å². The maximum atomic E-state index is 6.03. The molecule has 1 aromatic carbocycles. The van der Waals surface area contributed by atoms with E-state index in [1.54, 1.807) is 0 Å². The van der Waals surface area contributed by atoms with Crippen LogP contribution in [0.3, 0.4) is 0 Å². The van der Waals surface area contributed by atoms with Gasteiger partial charge in [0.1, 0.15) is 5.75 Å². The van der Waals surface area contributed by atoms with E-state index in [1.165, 1.54) is 0 Å².